The second-order valence-electron chi connectivity index (χ2n) is 4.73. The lowest BCUT2D eigenvalue weighted by molar-refractivity contribution is 0.102. The molecule has 2 aromatic heterocycles. The smallest absolute Gasteiger partial charge is 0.260 e. The molecule has 0 fully saturated rings. The molecule has 3 aromatic rings. The van der Waals surface area contributed by atoms with Crippen molar-refractivity contribution in [1.29, 1.82) is 0 Å². The topological polar surface area (TPSA) is 64.4 Å². The Bertz CT molecular complexity index is 869. The van der Waals surface area contributed by atoms with E-state index in [2.05, 4.69) is 10.3 Å². The number of furan rings is 1. The fourth-order valence-corrected chi connectivity index (χ4v) is 3.34. The summed E-state index contributed by atoms with van der Waals surface area (Å²) in [4.78, 5) is 16.7. The minimum absolute atomic E-state index is 0.261. The summed E-state index contributed by atoms with van der Waals surface area (Å²) in [6, 6.07) is 5.20. The van der Waals surface area contributed by atoms with E-state index in [4.69, 9.17) is 20.8 Å². The maximum atomic E-state index is 12.3. The van der Waals surface area contributed by atoms with E-state index >= 15 is 0 Å². The largest absolute Gasteiger partial charge is 0.494 e. The first-order valence-corrected chi connectivity index (χ1v) is 7.70. The number of carbonyl (C=O) groups is 1. The maximum absolute atomic E-state index is 12.3. The zero-order chi connectivity index (χ0) is 15.9. The number of benzene rings is 1. The van der Waals surface area contributed by atoms with E-state index in [0.29, 0.717) is 38.5 Å². The van der Waals surface area contributed by atoms with Gasteiger partial charge >= 0.3 is 0 Å². The lowest BCUT2D eigenvalue weighted by Crippen LogP contribution is -2.11. The van der Waals surface area contributed by atoms with Gasteiger partial charge in [-0.15, -0.1) is 0 Å². The van der Waals surface area contributed by atoms with E-state index in [9.17, 15) is 4.79 Å². The molecule has 0 bridgehead atoms. The van der Waals surface area contributed by atoms with Gasteiger partial charge in [0.2, 0.25) is 0 Å². The first-order chi connectivity index (χ1) is 10.5. The second kappa shape index (κ2) is 5.62. The number of aromatic nitrogens is 1. The fraction of sp³-hybridized carbons (Fsp3) is 0.200. The normalized spacial score (nSPS) is 10.9. The van der Waals surface area contributed by atoms with Gasteiger partial charge in [-0.2, -0.15) is 0 Å². The maximum Gasteiger partial charge on any atom is 0.260 e. The standard InChI is InChI=1S/C15H13ClN2O3S/c1-7-6-9(8(2)21-7)14(19)18-15-17-12-11(20-3)5-4-10(16)13(12)22-15/h4-6H,1-3H3,(H,17,18,19). The molecule has 0 spiro atoms. The molecule has 0 aliphatic carbocycles. The van der Waals surface area contributed by atoms with Gasteiger partial charge in [-0.25, -0.2) is 4.98 Å². The van der Waals surface area contributed by atoms with Crippen LogP contribution < -0.4 is 10.1 Å². The van der Waals surface area contributed by atoms with Crippen molar-refractivity contribution in [3.63, 3.8) is 0 Å². The van der Waals surface area contributed by atoms with Crippen LogP contribution in [0.3, 0.4) is 0 Å². The highest BCUT2D eigenvalue weighted by Crippen LogP contribution is 2.37. The highest BCUT2D eigenvalue weighted by atomic mass is 35.5. The predicted octanol–water partition coefficient (Wildman–Crippen LogP) is 4.42. The van der Waals surface area contributed by atoms with Crippen molar-refractivity contribution in [3.05, 3.63) is 40.3 Å². The number of halogens is 1. The summed E-state index contributed by atoms with van der Waals surface area (Å²) in [5.74, 6) is 1.62. The molecule has 3 rings (SSSR count). The van der Waals surface area contributed by atoms with Gasteiger partial charge < -0.3 is 9.15 Å². The number of aryl methyl sites for hydroxylation is 2. The van der Waals surface area contributed by atoms with Crippen molar-refractivity contribution < 1.29 is 13.9 Å². The predicted molar refractivity (Wildman–Crippen MR) is 87.3 cm³/mol. The van der Waals surface area contributed by atoms with Gasteiger partial charge in [-0.3, -0.25) is 10.1 Å². The van der Waals surface area contributed by atoms with Crippen molar-refractivity contribution >= 4 is 44.2 Å². The lowest BCUT2D eigenvalue weighted by atomic mass is 10.2. The molecule has 7 heteroatoms. The SMILES string of the molecule is COc1ccc(Cl)c2sc(NC(=O)c3cc(C)oc3C)nc12. The number of amides is 1. The van der Waals surface area contributed by atoms with E-state index in [1.165, 1.54) is 11.3 Å². The van der Waals surface area contributed by atoms with Crippen LogP contribution in [0.4, 0.5) is 5.13 Å². The van der Waals surface area contributed by atoms with Crippen molar-refractivity contribution in [1.82, 2.24) is 4.98 Å². The van der Waals surface area contributed by atoms with Crippen LogP contribution >= 0.6 is 22.9 Å². The molecule has 0 saturated carbocycles. The Hall–Kier alpha value is -2.05. The molecule has 0 aliphatic heterocycles. The van der Waals surface area contributed by atoms with E-state index in [1.807, 2.05) is 0 Å². The summed E-state index contributed by atoms with van der Waals surface area (Å²) in [5, 5.41) is 3.81. The van der Waals surface area contributed by atoms with Crippen LogP contribution in [-0.4, -0.2) is 18.0 Å². The number of anilines is 1. The molecule has 0 radical (unpaired) electrons. The highest BCUT2D eigenvalue weighted by molar-refractivity contribution is 7.23. The molecule has 1 aromatic carbocycles. The van der Waals surface area contributed by atoms with Crippen LogP contribution in [0.25, 0.3) is 10.2 Å². The second-order valence-corrected chi connectivity index (χ2v) is 6.13. The molecule has 0 unspecified atom stereocenters. The number of fused-ring (bicyclic) bond motifs is 1. The third-order valence-corrected chi connectivity index (χ3v) is 4.62. The Kier molecular flexibility index (Phi) is 3.80. The molecular formula is C15H13ClN2O3S. The molecule has 114 valence electrons. The van der Waals surface area contributed by atoms with Gasteiger partial charge in [-0.1, -0.05) is 22.9 Å². The van der Waals surface area contributed by atoms with Crippen LogP contribution in [-0.2, 0) is 0 Å². The third kappa shape index (κ3) is 2.55. The van der Waals surface area contributed by atoms with E-state index in [-0.39, 0.29) is 5.91 Å². The van der Waals surface area contributed by atoms with Crippen molar-refractivity contribution in [2.45, 2.75) is 13.8 Å². The Morgan fingerprint density at radius 2 is 2.18 bits per heavy atom. The first-order valence-electron chi connectivity index (χ1n) is 6.51. The summed E-state index contributed by atoms with van der Waals surface area (Å²) in [7, 11) is 1.57. The monoisotopic (exact) mass is 336 g/mol. The van der Waals surface area contributed by atoms with Gasteiger partial charge in [0, 0.05) is 0 Å². The van der Waals surface area contributed by atoms with Crippen molar-refractivity contribution in [2.24, 2.45) is 0 Å². The van der Waals surface area contributed by atoms with E-state index < -0.39 is 0 Å². The summed E-state index contributed by atoms with van der Waals surface area (Å²) in [6.07, 6.45) is 0. The van der Waals surface area contributed by atoms with Gasteiger partial charge in [0.25, 0.3) is 5.91 Å². The minimum Gasteiger partial charge on any atom is -0.494 e. The number of thiazole rings is 1. The summed E-state index contributed by atoms with van der Waals surface area (Å²) >= 11 is 7.47. The first kappa shape index (κ1) is 14.9. The van der Waals surface area contributed by atoms with E-state index in [0.717, 1.165) is 4.70 Å². The number of methoxy groups -OCH3 is 1. The summed E-state index contributed by atoms with van der Waals surface area (Å²) < 4.78 is 11.4. The number of ether oxygens (including phenoxy) is 1. The molecule has 0 saturated heterocycles. The molecule has 1 amide bonds. The van der Waals surface area contributed by atoms with Crippen LogP contribution in [0.2, 0.25) is 5.02 Å². The quantitative estimate of drug-likeness (QED) is 0.769. The Balaban J connectivity index is 1.96. The highest BCUT2D eigenvalue weighted by Gasteiger charge is 2.17. The molecule has 2 heterocycles. The van der Waals surface area contributed by atoms with Gasteiger partial charge in [-0.05, 0) is 32.0 Å². The minimum atomic E-state index is -0.261. The zero-order valence-corrected chi connectivity index (χ0v) is 13.8. The summed E-state index contributed by atoms with van der Waals surface area (Å²) in [6.45, 7) is 3.55. The van der Waals surface area contributed by atoms with Crippen LogP contribution in [0, 0.1) is 13.8 Å². The van der Waals surface area contributed by atoms with Crippen molar-refractivity contribution in [3.8, 4) is 5.75 Å². The molecule has 0 atom stereocenters. The number of nitrogens with one attached hydrogen (secondary N) is 1. The third-order valence-electron chi connectivity index (χ3n) is 3.18. The lowest BCUT2D eigenvalue weighted by Gasteiger charge is -2.00. The number of hydrogen-bond acceptors (Lipinski definition) is 5. The molecule has 1 N–H and O–H groups in total. The van der Waals surface area contributed by atoms with E-state index in [1.54, 1.807) is 39.2 Å². The van der Waals surface area contributed by atoms with Gasteiger partial charge in [0.05, 0.1) is 22.4 Å². The molecule has 0 aliphatic rings. The fourth-order valence-electron chi connectivity index (χ4n) is 2.19. The summed E-state index contributed by atoms with van der Waals surface area (Å²) in [5.41, 5.74) is 1.13. The Morgan fingerprint density at radius 1 is 1.41 bits per heavy atom. The molecule has 5 nitrogen and oxygen atoms in total. The Labute approximate surface area is 135 Å². The van der Waals surface area contributed by atoms with Gasteiger partial charge in [0.15, 0.2) is 5.13 Å². The number of rotatable bonds is 3. The van der Waals surface area contributed by atoms with Crippen LogP contribution in [0.15, 0.2) is 22.6 Å². The number of nitrogens with zero attached hydrogens (tertiary/aromatic N) is 1. The molecular weight excluding hydrogens is 324 g/mol. The number of hydrogen-bond donors (Lipinski definition) is 1. The van der Waals surface area contributed by atoms with Crippen LogP contribution in [0.5, 0.6) is 5.75 Å². The van der Waals surface area contributed by atoms with Crippen LogP contribution in [0.1, 0.15) is 21.9 Å². The number of carbonyl (C=O) groups excluding carboxylic acids is 1. The average Bonchev–Trinajstić information content (AvgIpc) is 3.03. The zero-order valence-electron chi connectivity index (χ0n) is 12.2. The Morgan fingerprint density at radius 3 is 2.82 bits per heavy atom. The molecule has 22 heavy (non-hydrogen) atoms. The average molecular weight is 337 g/mol. The van der Waals surface area contributed by atoms with Gasteiger partial charge in [0.1, 0.15) is 22.8 Å². The van der Waals surface area contributed by atoms with Crippen molar-refractivity contribution in [2.75, 3.05) is 12.4 Å².